The molecule has 5 aromatic rings. The molecule has 3 heterocycles. The van der Waals surface area contributed by atoms with E-state index in [4.69, 9.17) is 0 Å². The Morgan fingerprint density at radius 3 is 2.57 bits per heavy atom. The second-order valence-corrected chi connectivity index (χ2v) is 7.90. The lowest BCUT2D eigenvalue weighted by Crippen LogP contribution is -2.37. The summed E-state index contributed by atoms with van der Waals surface area (Å²) >= 11 is 0. The molecule has 3 aromatic heterocycles. The molecule has 0 spiro atoms. The van der Waals surface area contributed by atoms with Crippen molar-refractivity contribution in [3.8, 4) is 16.9 Å². The molecule has 11 nitrogen and oxygen atoms in total. The summed E-state index contributed by atoms with van der Waals surface area (Å²) in [5.74, 6) is -0.738. The van der Waals surface area contributed by atoms with Crippen LogP contribution in [-0.4, -0.2) is 39.6 Å². The van der Waals surface area contributed by atoms with Gasteiger partial charge in [0.05, 0.1) is 18.2 Å². The summed E-state index contributed by atoms with van der Waals surface area (Å²) < 4.78 is 18.6. The standard InChI is InChI=1S/C23H19FN8O3/c1-29-21-20(22(34)30(2)23(29)35)31(13-25-21)12-19(33)26-16-8-6-14(7-9-16)18-11-32(28-27-18)17-5-3-4-15(24)10-17/h3-11,13H,12H2,1-2H3,(H,26,33). The summed E-state index contributed by atoms with van der Waals surface area (Å²) in [5.41, 5.74) is 1.80. The molecule has 0 saturated carbocycles. The number of aromatic nitrogens is 7. The lowest BCUT2D eigenvalue weighted by atomic mass is 10.1. The van der Waals surface area contributed by atoms with Gasteiger partial charge in [-0.15, -0.1) is 5.10 Å². The maximum Gasteiger partial charge on any atom is 0.332 e. The van der Waals surface area contributed by atoms with E-state index < -0.39 is 11.2 Å². The first-order valence-corrected chi connectivity index (χ1v) is 10.5. The third-order valence-corrected chi connectivity index (χ3v) is 5.56. The zero-order valence-corrected chi connectivity index (χ0v) is 18.7. The fourth-order valence-corrected chi connectivity index (χ4v) is 3.74. The van der Waals surface area contributed by atoms with E-state index >= 15 is 0 Å². The van der Waals surface area contributed by atoms with Crippen LogP contribution in [0.1, 0.15) is 0 Å². The number of nitrogens with one attached hydrogen (secondary N) is 1. The molecule has 0 radical (unpaired) electrons. The van der Waals surface area contributed by atoms with Crippen molar-refractivity contribution >= 4 is 22.8 Å². The molecule has 2 aromatic carbocycles. The van der Waals surface area contributed by atoms with E-state index in [1.807, 2.05) is 0 Å². The van der Waals surface area contributed by atoms with Crippen molar-refractivity contribution in [3.05, 3.63) is 87.7 Å². The van der Waals surface area contributed by atoms with Gasteiger partial charge in [0, 0.05) is 25.3 Å². The molecular weight excluding hydrogens is 455 g/mol. The van der Waals surface area contributed by atoms with Crippen LogP contribution in [0.15, 0.2) is 70.6 Å². The number of benzene rings is 2. The van der Waals surface area contributed by atoms with Crippen molar-refractivity contribution in [2.75, 3.05) is 5.32 Å². The van der Waals surface area contributed by atoms with Crippen LogP contribution in [0.2, 0.25) is 0 Å². The highest BCUT2D eigenvalue weighted by Gasteiger charge is 2.16. The largest absolute Gasteiger partial charge is 0.332 e. The zero-order chi connectivity index (χ0) is 24.7. The van der Waals surface area contributed by atoms with Gasteiger partial charge in [-0.05, 0) is 30.3 Å². The van der Waals surface area contributed by atoms with E-state index in [-0.39, 0.29) is 29.4 Å². The number of aryl methyl sites for hydroxylation is 1. The minimum absolute atomic E-state index is 0.159. The van der Waals surface area contributed by atoms with Gasteiger partial charge in [0.1, 0.15) is 18.1 Å². The Labute approximate surface area is 196 Å². The molecule has 0 fully saturated rings. The van der Waals surface area contributed by atoms with Gasteiger partial charge in [-0.1, -0.05) is 23.4 Å². The highest BCUT2D eigenvalue weighted by molar-refractivity contribution is 5.91. The minimum atomic E-state index is -0.524. The van der Waals surface area contributed by atoms with Crippen LogP contribution in [0.3, 0.4) is 0 Å². The number of carbonyl (C=O) groups is 1. The molecule has 0 aliphatic carbocycles. The molecule has 1 amide bonds. The number of halogens is 1. The van der Waals surface area contributed by atoms with Crippen LogP contribution in [0.5, 0.6) is 0 Å². The van der Waals surface area contributed by atoms with E-state index in [1.165, 1.54) is 46.4 Å². The molecule has 12 heteroatoms. The van der Waals surface area contributed by atoms with Crippen molar-refractivity contribution < 1.29 is 9.18 Å². The molecule has 1 N–H and O–H groups in total. The Kier molecular flexibility index (Phi) is 5.32. The number of hydrogen-bond donors (Lipinski definition) is 1. The normalized spacial score (nSPS) is 11.2. The van der Waals surface area contributed by atoms with Crippen LogP contribution in [-0.2, 0) is 25.4 Å². The molecule has 35 heavy (non-hydrogen) atoms. The fraction of sp³-hybridized carbons (Fsp3) is 0.130. The smallest absolute Gasteiger partial charge is 0.325 e. The Balaban J connectivity index is 1.31. The van der Waals surface area contributed by atoms with Gasteiger partial charge in [-0.3, -0.25) is 18.7 Å². The number of hydrogen-bond acceptors (Lipinski definition) is 6. The van der Waals surface area contributed by atoms with Crippen molar-refractivity contribution in [3.63, 3.8) is 0 Å². The third-order valence-electron chi connectivity index (χ3n) is 5.56. The van der Waals surface area contributed by atoms with E-state index in [2.05, 4.69) is 20.6 Å². The number of carbonyl (C=O) groups excluding carboxylic acids is 1. The molecule has 0 bridgehead atoms. The van der Waals surface area contributed by atoms with Crippen LogP contribution in [0, 0.1) is 5.82 Å². The molecule has 0 aliphatic rings. The van der Waals surface area contributed by atoms with Gasteiger partial charge in [0.25, 0.3) is 5.56 Å². The SMILES string of the molecule is Cn1c(=O)c2c(ncn2CC(=O)Nc2ccc(-c3cn(-c4cccc(F)c4)nn3)cc2)n(C)c1=O. The molecule has 0 unspecified atom stereocenters. The molecule has 5 rings (SSSR count). The predicted molar refractivity (Wildman–Crippen MR) is 126 cm³/mol. The van der Waals surface area contributed by atoms with Crippen molar-refractivity contribution in [1.82, 2.24) is 33.7 Å². The number of rotatable bonds is 5. The quantitative estimate of drug-likeness (QED) is 0.412. The van der Waals surface area contributed by atoms with E-state index in [0.717, 1.165) is 10.1 Å². The number of nitrogens with zero attached hydrogens (tertiary/aromatic N) is 7. The van der Waals surface area contributed by atoms with Gasteiger partial charge < -0.3 is 9.88 Å². The molecule has 0 aliphatic heterocycles. The average Bonchev–Trinajstić information content (AvgIpc) is 3.50. The van der Waals surface area contributed by atoms with Gasteiger partial charge in [-0.25, -0.2) is 18.9 Å². The lowest BCUT2D eigenvalue weighted by Gasteiger charge is -2.08. The van der Waals surface area contributed by atoms with E-state index in [1.54, 1.807) is 42.6 Å². The van der Waals surface area contributed by atoms with Gasteiger partial charge in [0.15, 0.2) is 11.2 Å². The average molecular weight is 474 g/mol. The summed E-state index contributed by atoms with van der Waals surface area (Å²) in [6.45, 7) is -0.159. The fourth-order valence-electron chi connectivity index (χ4n) is 3.74. The molecular formula is C23H19FN8O3. The predicted octanol–water partition coefficient (Wildman–Crippen LogP) is 1.46. The number of anilines is 1. The third kappa shape index (κ3) is 4.01. The lowest BCUT2D eigenvalue weighted by molar-refractivity contribution is -0.116. The first-order valence-electron chi connectivity index (χ1n) is 10.5. The highest BCUT2D eigenvalue weighted by atomic mass is 19.1. The summed E-state index contributed by atoms with van der Waals surface area (Å²) in [4.78, 5) is 41.3. The second-order valence-electron chi connectivity index (χ2n) is 7.90. The van der Waals surface area contributed by atoms with Gasteiger partial charge >= 0.3 is 5.69 Å². The summed E-state index contributed by atoms with van der Waals surface area (Å²) in [5, 5.41) is 10.9. The van der Waals surface area contributed by atoms with Crippen LogP contribution >= 0.6 is 0 Å². The Bertz CT molecular complexity index is 1690. The maximum atomic E-state index is 13.5. The van der Waals surface area contributed by atoms with E-state index in [0.29, 0.717) is 17.1 Å². The van der Waals surface area contributed by atoms with E-state index in [9.17, 15) is 18.8 Å². The van der Waals surface area contributed by atoms with Gasteiger partial charge in [0.2, 0.25) is 5.91 Å². The topological polar surface area (TPSA) is 122 Å². The number of amides is 1. The minimum Gasteiger partial charge on any atom is -0.325 e. The van der Waals surface area contributed by atoms with Crippen LogP contribution in [0.25, 0.3) is 28.1 Å². The maximum absolute atomic E-state index is 13.5. The summed E-state index contributed by atoms with van der Waals surface area (Å²) in [7, 11) is 2.89. The van der Waals surface area contributed by atoms with Crippen molar-refractivity contribution in [1.29, 1.82) is 0 Å². The van der Waals surface area contributed by atoms with Crippen molar-refractivity contribution in [2.24, 2.45) is 14.1 Å². The molecule has 0 atom stereocenters. The Hall–Kier alpha value is -4.87. The number of fused-ring (bicyclic) bond motifs is 1. The van der Waals surface area contributed by atoms with Crippen LogP contribution < -0.4 is 16.6 Å². The highest BCUT2D eigenvalue weighted by Crippen LogP contribution is 2.20. The monoisotopic (exact) mass is 474 g/mol. The second kappa shape index (κ2) is 8.48. The van der Waals surface area contributed by atoms with Gasteiger partial charge in [-0.2, -0.15) is 0 Å². The first kappa shape index (κ1) is 21.9. The van der Waals surface area contributed by atoms with Crippen molar-refractivity contribution in [2.45, 2.75) is 6.54 Å². The number of imidazole rings is 1. The first-order chi connectivity index (χ1) is 16.8. The van der Waals surface area contributed by atoms with Crippen LogP contribution in [0.4, 0.5) is 10.1 Å². The summed E-state index contributed by atoms with van der Waals surface area (Å²) in [6.07, 6.45) is 3.04. The Morgan fingerprint density at radius 1 is 1.06 bits per heavy atom. The molecule has 176 valence electrons. The molecule has 0 saturated heterocycles. The zero-order valence-electron chi connectivity index (χ0n) is 18.7. The summed E-state index contributed by atoms with van der Waals surface area (Å²) in [6, 6.07) is 13.0. The Morgan fingerprint density at radius 2 is 1.83 bits per heavy atom.